The van der Waals surface area contributed by atoms with Gasteiger partial charge in [0.25, 0.3) is 0 Å². The molecule has 0 bridgehead atoms. The van der Waals surface area contributed by atoms with Gasteiger partial charge in [0.2, 0.25) is 5.91 Å². The molecule has 1 saturated heterocycles. The molecular formula is C17H23ClN4O. The van der Waals surface area contributed by atoms with Gasteiger partial charge in [-0.1, -0.05) is 19.1 Å². The highest BCUT2D eigenvalue weighted by molar-refractivity contribution is 5.94. The lowest BCUT2D eigenvalue weighted by Gasteiger charge is -2.31. The molecule has 23 heavy (non-hydrogen) atoms. The number of amides is 1. The van der Waals surface area contributed by atoms with Crippen LogP contribution in [0.1, 0.15) is 18.3 Å². The van der Waals surface area contributed by atoms with Gasteiger partial charge in [0.05, 0.1) is 17.1 Å². The number of carbonyl (C=O) groups is 1. The van der Waals surface area contributed by atoms with E-state index >= 15 is 0 Å². The van der Waals surface area contributed by atoms with E-state index < -0.39 is 0 Å². The highest BCUT2D eigenvalue weighted by atomic mass is 35.5. The number of aromatic nitrogens is 2. The summed E-state index contributed by atoms with van der Waals surface area (Å²) in [5, 5.41) is 10.8. The van der Waals surface area contributed by atoms with Gasteiger partial charge >= 0.3 is 0 Å². The summed E-state index contributed by atoms with van der Waals surface area (Å²) < 4.78 is 1.88. The van der Waals surface area contributed by atoms with Gasteiger partial charge in [-0.25, -0.2) is 4.68 Å². The predicted octanol–water partition coefficient (Wildman–Crippen LogP) is 2.70. The number of para-hydroxylation sites is 2. The first-order valence-corrected chi connectivity index (χ1v) is 7.70. The molecule has 1 unspecified atom stereocenters. The predicted molar refractivity (Wildman–Crippen MR) is 94.4 cm³/mol. The Labute approximate surface area is 142 Å². The molecule has 1 fully saturated rings. The topological polar surface area (TPSA) is 59.0 Å². The van der Waals surface area contributed by atoms with Gasteiger partial charge in [-0.2, -0.15) is 5.10 Å². The van der Waals surface area contributed by atoms with Gasteiger partial charge in [0.15, 0.2) is 0 Å². The van der Waals surface area contributed by atoms with Gasteiger partial charge < -0.3 is 10.6 Å². The summed E-state index contributed by atoms with van der Waals surface area (Å²) in [6, 6.07) is 9.82. The summed E-state index contributed by atoms with van der Waals surface area (Å²) in [6.07, 6.45) is 0. The summed E-state index contributed by atoms with van der Waals surface area (Å²) >= 11 is 0. The molecule has 2 heterocycles. The highest BCUT2D eigenvalue weighted by Crippen LogP contribution is 2.24. The maximum Gasteiger partial charge on any atom is 0.227 e. The molecule has 0 aliphatic carbocycles. The summed E-state index contributed by atoms with van der Waals surface area (Å²) in [6.45, 7) is 7.83. The van der Waals surface area contributed by atoms with E-state index in [1.807, 2.05) is 55.8 Å². The Morgan fingerprint density at radius 2 is 2.04 bits per heavy atom. The zero-order chi connectivity index (χ0) is 15.7. The van der Waals surface area contributed by atoms with Crippen molar-refractivity contribution in [3.8, 4) is 5.69 Å². The van der Waals surface area contributed by atoms with Crippen molar-refractivity contribution < 1.29 is 4.79 Å². The van der Waals surface area contributed by atoms with E-state index in [1.165, 1.54) is 0 Å². The second kappa shape index (κ2) is 7.15. The molecule has 3 rings (SSSR count). The minimum absolute atomic E-state index is 0. The van der Waals surface area contributed by atoms with E-state index in [0.717, 1.165) is 35.9 Å². The van der Waals surface area contributed by atoms with Gasteiger partial charge in [-0.15, -0.1) is 12.4 Å². The molecule has 124 valence electrons. The number of benzene rings is 1. The summed E-state index contributed by atoms with van der Waals surface area (Å²) in [4.78, 5) is 12.5. The Balaban J connectivity index is 0.00000192. The maximum atomic E-state index is 12.5. The van der Waals surface area contributed by atoms with Crippen molar-refractivity contribution >= 4 is 24.0 Å². The fraction of sp³-hybridized carbons (Fsp3) is 0.412. The third-order valence-corrected chi connectivity index (χ3v) is 4.33. The first kappa shape index (κ1) is 17.5. The van der Waals surface area contributed by atoms with E-state index in [2.05, 4.69) is 15.7 Å². The molecule has 1 atom stereocenters. The lowest BCUT2D eigenvalue weighted by Crippen LogP contribution is -2.48. The van der Waals surface area contributed by atoms with Crippen LogP contribution in [0.15, 0.2) is 30.3 Å². The largest absolute Gasteiger partial charge is 0.324 e. The van der Waals surface area contributed by atoms with Crippen molar-refractivity contribution in [3.05, 3.63) is 41.7 Å². The van der Waals surface area contributed by atoms with E-state index in [4.69, 9.17) is 0 Å². The Hall–Kier alpha value is -1.85. The van der Waals surface area contributed by atoms with Crippen molar-refractivity contribution in [2.75, 3.05) is 18.4 Å². The lowest BCUT2D eigenvalue weighted by atomic mass is 9.88. The first-order chi connectivity index (χ1) is 10.6. The number of halogens is 1. The number of nitrogens with zero attached hydrogens (tertiary/aromatic N) is 2. The number of hydrogen-bond acceptors (Lipinski definition) is 3. The second-order valence-electron chi connectivity index (χ2n) is 6.05. The molecule has 1 amide bonds. The standard InChI is InChI=1S/C17H22N4O.ClH/c1-11-8-12(2)21(20-11)16-7-5-4-6-15(16)19-17(22)13(3)14-9-18-10-14;/h4-8,13-14,18H,9-10H2,1-3H3,(H,19,22);1H. The van der Waals surface area contributed by atoms with Crippen LogP contribution in [0.25, 0.3) is 5.69 Å². The van der Waals surface area contributed by atoms with Crippen LogP contribution in [0.5, 0.6) is 0 Å². The summed E-state index contributed by atoms with van der Waals surface area (Å²) in [5.41, 5.74) is 3.72. The van der Waals surface area contributed by atoms with Gasteiger partial charge in [0.1, 0.15) is 0 Å². The second-order valence-corrected chi connectivity index (χ2v) is 6.05. The van der Waals surface area contributed by atoms with Crippen LogP contribution in [0.2, 0.25) is 0 Å². The number of aryl methyl sites for hydroxylation is 2. The van der Waals surface area contributed by atoms with E-state index in [1.54, 1.807) is 0 Å². The molecule has 0 spiro atoms. The van der Waals surface area contributed by atoms with Gasteiger partial charge in [-0.05, 0) is 51.1 Å². The number of anilines is 1. The molecule has 2 N–H and O–H groups in total. The SMILES string of the molecule is Cc1cc(C)n(-c2ccccc2NC(=O)C(C)C2CNC2)n1.Cl. The smallest absolute Gasteiger partial charge is 0.227 e. The highest BCUT2D eigenvalue weighted by Gasteiger charge is 2.29. The lowest BCUT2D eigenvalue weighted by molar-refractivity contribution is -0.121. The Morgan fingerprint density at radius 1 is 1.35 bits per heavy atom. The van der Waals surface area contributed by atoms with Crippen LogP contribution in [-0.2, 0) is 4.79 Å². The molecule has 0 radical (unpaired) electrons. The third kappa shape index (κ3) is 3.57. The number of rotatable bonds is 4. The monoisotopic (exact) mass is 334 g/mol. The van der Waals surface area contributed by atoms with Crippen LogP contribution in [0.3, 0.4) is 0 Å². The Kier molecular flexibility index (Phi) is 5.44. The number of nitrogens with one attached hydrogen (secondary N) is 2. The van der Waals surface area contributed by atoms with E-state index in [9.17, 15) is 4.79 Å². The fourth-order valence-electron chi connectivity index (χ4n) is 2.76. The average Bonchev–Trinajstić information content (AvgIpc) is 2.76. The first-order valence-electron chi connectivity index (χ1n) is 7.70. The molecule has 6 heteroatoms. The molecular weight excluding hydrogens is 312 g/mol. The van der Waals surface area contributed by atoms with Crippen molar-refractivity contribution in [3.63, 3.8) is 0 Å². The van der Waals surface area contributed by atoms with Crippen LogP contribution >= 0.6 is 12.4 Å². The van der Waals surface area contributed by atoms with Crippen molar-refractivity contribution in [2.45, 2.75) is 20.8 Å². The normalized spacial score (nSPS) is 15.4. The molecule has 1 aliphatic rings. The maximum absolute atomic E-state index is 12.5. The molecule has 2 aromatic rings. The van der Waals surface area contributed by atoms with Crippen LogP contribution in [0, 0.1) is 25.7 Å². The van der Waals surface area contributed by atoms with Crippen LogP contribution in [0.4, 0.5) is 5.69 Å². The molecule has 0 saturated carbocycles. The summed E-state index contributed by atoms with van der Waals surface area (Å²) in [5.74, 6) is 0.510. The number of hydrogen-bond donors (Lipinski definition) is 2. The van der Waals surface area contributed by atoms with Crippen molar-refractivity contribution in [1.29, 1.82) is 0 Å². The van der Waals surface area contributed by atoms with Gasteiger partial charge in [0, 0.05) is 11.6 Å². The van der Waals surface area contributed by atoms with Crippen LogP contribution < -0.4 is 10.6 Å². The summed E-state index contributed by atoms with van der Waals surface area (Å²) in [7, 11) is 0. The Bertz CT molecular complexity index is 694. The minimum atomic E-state index is 0. The van der Waals surface area contributed by atoms with E-state index in [0.29, 0.717) is 5.92 Å². The molecule has 1 aromatic heterocycles. The van der Waals surface area contributed by atoms with Gasteiger partial charge in [-0.3, -0.25) is 4.79 Å². The zero-order valence-electron chi connectivity index (χ0n) is 13.7. The molecule has 1 aromatic carbocycles. The third-order valence-electron chi connectivity index (χ3n) is 4.33. The van der Waals surface area contributed by atoms with E-state index in [-0.39, 0.29) is 24.2 Å². The minimum Gasteiger partial charge on any atom is -0.324 e. The Morgan fingerprint density at radius 3 is 2.61 bits per heavy atom. The van der Waals surface area contributed by atoms with Crippen LogP contribution in [-0.4, -0.2) is 28.8 Å². The van der Waals surface area contributed by atoms with Crippen molar-refractivity contribution in [2.24, 2.45) is 11.8 Å². The van der Waals surface area contributed by atoms with Crippen molar-refractivity contribution in [1.82, 2.24) is 15.1 Å². The zero-order valence-corrected chi connectivity index (χ0v) is 14.5. The molecule has 1 aliphatic heterocycles. The quantitative estimate of drug-likeness (QED) is 0.903. The average molecular weight is 335 g/mol. The number of carbonyl (C=O) groups excluding carboxylic acids is 1. The molecule has 5 nitrogen and oxygen atoms in total. The fourth-order valence-corrected chi connectivity index (χ4v) is 2.76.